The van der Waals surface area contributed by atoms with Crippen molar-refractivity contribution in [1.82, 2.24) is 4.90 Å². The van der Waals surface area contributed by atoms with Gasteiger partial charge < -0.3 is 0 Å². The molecule has 1 aromatic carbocycles. The van der Waals surface area contributed by atoms with Crippen molar-refractivity contribution in [2.45, 2.75) is 24.3 Å². The van der Waals surface area contributed by atoms with Gasteiger partial charge in [0.05, 0.1) is 0 Å². The second-order valence-electron chi connectivity index (χ2n) is 3.76. The molecular formula is C11H14FNS. The highest BCUT2D eigenvalue weighted by molar-refractivity contribution is 7.80. The molecule has 0 aliphatic carbocycles. The number of hydrogen-bond donors (Lipinski definition) is 1. The van der Waals surface area contributed by atoms with E-state index in [1.54, 1.807) is 0 Å². The van der Waals surface area contributed by atoms with Gasteiger partial charge in [-0.15, -0.1) is 12.6 Å². The maximum absolute atomic E-state index is 13.4. The lowest BCUT2D eigenvalue weighted by molar-refractivity contribution is 0.325. The summed E-state index contributed by atoms with van der Waals surface area (Å²) < 4.78 is 13.4. The second-order valence-corrected chi connectivity index (χ2v) is 4.28. The van der Waals surface area contributed by atoms with Crippen molar-refractivity contribution in [3.05, 3.63) is 29.6 Å². The Kier molecular flexibility index (Phi) is 3.08. The molecule has 14 heavy (non-hydrogen) atoms. The highest BCUT2D eigenvalue weighted by atomic mass is 32.1. The van der Waals surface area contributed by atoms with Crippen LogP contribution in [0.1, 0.15) is 18.4 Å². The molecule has 1 nitrogen and oxygen atoms in total. The largest absolute Gasteiger partial charge is 0.299 e. The zero-order valence-corrected chi connectivity index (χ0v) is 8.93. The van der Waals surface area contributed by atoms with E-state index in [1.807, 2.05) is 12.1 Å². The molecule has 0 aromatic heterocycles. The summed E-state index contributed by atoms with van der Waals surface area (Å²) in [6.45, 7) is 2.93. The van der Waals surface area contributed by atoms with Gasteiger partial charge in [-0.05, 0) is 38.1 Å². The third-order valence-corrected chi connectivity index (χ3v) is 2.91. The van der Waals surface area contributed by atoms with Crippen LogP contribution in [-0.2, 0) is 6.54 Å². The van der Waals surface area contributed by atoms with Crippen molar-refractivity contribution < 1.29 is 4.39 Å². The highest BCUT2D eigenvalue weighted by Gasteiger charge is 2.13. The molecule has 2 rings (SSSR count). The molecule has 1 heterocycles. The summed E-state index contributed by atoms with van der Waals surface area (Å²) in [5.74, 6) is -0.135. The summed E-state index contributed by atoms with van der Waals surface area (Å²) in [7, 11) is 0. The van der Waals surface area contributed by atoms with E-state index in [1.165, 1.54) is 18.9 Å². The zero-order chi connectivity index (χ0) is 9.97. The van der Waals surface area contributed by atoms with Crippen LogP contribution in [-0.4, -0.2) is 18.0 Å². The third kappa shape index (κ3) is 2.28. The molecule has 0 N–H and O–H groups in total. The fourth-order valence-electron chi connectivity index (χ4n) is 1.85. The Labute approximate surface area is 89.3 Å². The van der Waals surface area contributed by atoms with Gasteiger partial charge in [-0.1, -0.05) is 6.07 Å². The Morgan fingerprint density at radius 1 is 1.29 bits per heavy atom. The molecule has 0 unspecified atom stereocenters. The van der Waals surface area contributed by atoms with Crippen molar-refractivity contribution in [2.75, 3.05) is 13.1 Å². The van der Waals surface area contributed by atoms with Gasteiger partial charge in [-0.2, -0.15) is 0 Å². The van der Waals surface area contributed by atoms with E-state index in [0.29, 0.717) is 4.90 Å². The Morgan fingerprint density at radius 3 is 2.64 bits per heavy atom. The molecule has 0 spiro atoms. The van der Waals surface area contributed by atoms with Crippen molar-refractivity contribution in [3.8, 4) is 0 Å². The summed E-state index contributed by atoms with van der Waals surface area (Å²) in [5.41, 5.74) is 0.782. The molecule has 76 valence electrons. The molecule has 0 amide bonds. The molecule has 0 bridgehead atoms. The van der Waals surface area contributed by atoms with Gasteiger partial charge in [-0.25, -0.2) is 4.39 Å². The smallest absolute Gasteiger partial charge is 0.128 e. The average molecular weight is 211 g/mol. The van der Waals surface area contributed by atoms with Crippen LogP contribution >= 0.6 is 12.6 Å². The van der Waals surface area contributed by atoms with Crippen LogP contribution in [0.5, 0.6) is 0 Å². The molecule has 0 saturated carbocycles. The summed E-state index contributed by atoms with van der Waals surface area (Å²) >= 11 is 4.10. The van der Waals surface area contributed by atoms with Crippen LogP contribution < -0.4 is 0 Å². The topological polar surface area (TPSA) is 3.24 Å². The summed E-state index contributed by atoms with van der Waals surface area (Å²) in [6.07, 6.45) is 2.48. The number of halogens is 1. The van der Waals surface area contributed by atoms with Gasteiger partial charge in [0.15, 0.2) is 0 Å². The van der Waals surface area contributed by atoms with Crippen LogP contribution in [0.15, 0.2) is 23.1 Å². The van der Waals surface area contributed by atoms with E-state index in [-0.39, 0.29) is 5.82 Å². The fraction of sp³-hybridized carbons (Fsp3) is 0.455. The van der Waals surface area contributed by atoms with Gasteiger partial charge in [-0.3, -0.25) is 4.90 Å². The third-order valence-electron chi connectivity index (χ3n) is 2.63. The number of nitrogens with zero attached hydrogens (tertiary/aromatic N) is 1. The Morgan fingerprint density at radius 2 is 2.00 bits per heavy atom. The minimum atomic E-state index is -0.135. The minimum Gasteiger partial charge on any atom is -0.299 e. The van der Waals surface area contributed by atoms with Gasteiger partial charge in [0.1, 0.15) is 5.82 Å². The lowest BCUT2D eigenvalue weighted by Crippen LogP contribution is -2.19. The zero-order valence-electron chi connectivity index (χ0n) is 8.04. The molecule has 1 aliphatic rings. The van der Waals surface area contributed by atoms with E-state index in [0.717, 1.165) is 25.2 Å². The number of rotatable bonds is 2. The lowest BCUT2D eigenvalue weighted by atomic mass is 10.2. The number of benzene rings is 1. The number of thiol groups is 1. The normalized spacial score (nSPS) is 17.6. The van der Waals surface area contributed by atoms with Crippen LogP contribution in [0.2, 0.25) is 0 Å². The Hall–Kier alpha value is -0.540. The van der Waals surface area contributed by atoms with Crippen LogP contribution in [0.3, 0.4) is 0 Å². The van der Waals surface area contributed by atoms with Crippen molar-refractivity contribution in [3.63, 3.8) is 0 Å². The molecule has 3 heteroatoms. The lowest BCUT2D eigenvalue weighted by Gasteiger charge is -2.14. The Bertz CT molecular complexity index is 321. The predicted octanol–water partition coefficient (Wildman–Crippen LogP) is 2.71. The van der Waals surface area contributed by atoms with E-state index in [9.17, 15) is 4.39 Å². The quantitative estimate of drug-likeness (QED) is 0.736. The first-order chi connectivity index (χ1) is 6.75. The molecule has 1 aliphatic heterocycles. The maximum Gasteiger partial charge on any atom is 0.128 e. The fourth-order valence-corrected chi connectivity index (χ4v) is 2.03. The molecule has 1 saturated heterocycles. The van der Waals surface area contributed by atoms with E-state index in [4.69, 9.17) is 0 Å². The predicted molar refractivity (Wildman–Crippen MR) is 58.2 cm³/mol. The number of hydrogen-bond acceptors (Lipinski definition) is 2. The first-order valence-corrected chi connectivity index (χ1v) is 5.40. The van der Waals surface area contributed by atoms with Crippen LogP contribution in [0.4, 0.5) is 4.39 Å². The van der Waals surface area contributed by atoms with Crippen molar-refractivity contribution in [1.29, 1.82) is 0 Å². The van der Waals surface area contributed by atoms with Gasteiger partial charge in [0.25, 0.3) is 0 Å². The van der Waals surface area contributed by atoms with Gasteiger partial charge in [0, 0.05) is 17.0 Å². The second kappa shape index (κ2) is 4.32. The highest BCUT2D eigenvalue weighted by Crippen LogP contribution is 2.17. The molecule has 0 radical (unpaired) electrons. The Balaban J connectivity index is 2.08. The van der Waals surface area contributed by atoms with Crippen LogP contribution in [0.25, 0.3) is 0 Å². The summed E-state index contributed by atoms with van der Waals surface area (Å²) in [5, 5.41) is 0. The van der Waals surface area contributed by atoms with Crippen LogP contribution in [0, 0.1) is 5.82 Å². The van der Waals surface area contributed by atoms with Crippen molar-refractivity contribution in [2.24, 2.45) is 0 Å². The molecule has 0 atom stereocenters. The van der Waals surface area contributed by atoms with Gasteiger partial charge in [0.2, 0.25) is 0 Å². The number of likely N-dealkylation sites (tertiary alicyclic amines) is 1. The first kappa shape index (κ1) is 9.99. The monoisotopic (exact) mass is 211 g/mol. The first-order valence-electron chi connectivity index (χ1n) is 4.95. The molecule has 1 aromatic rings. The molecular weight excluding hydrogens is 197 g/mol. The summed E-state index contributed by atoms with van der Waals surface area (Å²) in [4.78, 5) is 2.98. The minimum absolute atomic E-state index is 0.135. The standard InChI is InChI=1S/C11H14FNS/c12-11-7-10(14)4-3-9(11)8-13-5-1-2-6-13/h3-4,7,14H,1-2,5-6,8H2. The van der Waals surface area contributed by atoms with Crippen molar-refractivity contribution >= 4 is 12.6 Å². The van der Waals surface area contributed by atoms with E-state index in [2.05, 4.69) is 17.5 Å². The molecule has 1 fully saturated rings. The van der Waals surface area contributed by atoms with Gasteiger partial charge >= 0.3 is 0 Å². The summed E-state index contributed by atoms with van der Waals surface area (Å²) in [6, 6.07) is 5.15. The van der Waals surface area contributed by atoms with E-state index >= 15 is 0 Å². The average Bonchev–Trinajstić information content (AvgIpc) is 2.62. The SMILES string of the molecule is Fc1cc(S)ccc1CN1CCCC1. The van der Waals surface area contributed by atoms with E-state index < -0.39 is 0 Å². The maximum atomic E-state index is 13.4.